The lowest BCUT2D eigenvalue weighted by atomic mass is 10.1. The Bertz CT molecular complexity index is 1750. The standard InChI is InChI=1S/C29H32N8O5S2/c1-20(22-10-14-25(15-11-22)43(38,39)30-3)34-36-27-18-28(33-29(32-27)19-42-24-8-6-5-7-9-24)37-35-21(2)23-12-16-26(17-13-23)44(40,41)31-4/h5-18,30-31H,19H2,1-4H3,(H2,32,33,36,37). The SMILES string of the molecule is CNS(=O)(=O)c1ccc(C(C)=NNc2cc(NN=C(C)c3ccc(S(=O)(=O)NC)cc3)nc(COc3ccccc3)n2)cc1. The highest BCUT2D eigenvalue weighted by atomic mass is 32.2. The molecule has 0 amide bonds. The van der Waals surface area contributed by atoms with E-state index in [1.54, 1.807) is 44.2 Å². The minimum atomic E-state index is -3.55. The van der Waals surface area contributed by atoms with Crippen LogP contribution in [0.25, 0.3) is 0 Å². The lowest BCUT2D eigenvalue weighted by Gasteiger charge is -2.10. The maximum absolute atomic E-state index is 12.0. The van der Waals surface area contributed by atoms with Crippen molar-refractivity contribution in [3.05, 3.63) is 102 Å². The fourth-order valence-corrected chi connectivity index (χ4v) is 5.20. The Hall–Kier alpha value is -4.70. The Balaban J connectivity index is 1.55. The lowest BCUT2D eigenvalue weighted by molar-refractivity contribution is 0.296. The maximum Gasteiger partial charge on any atom is 0.240 e. The van der Waals surface area contributed by atoms with E-state index in [1.165, 1.54) is 38.4 Å². The molecule has 230 valence electrons. The zero-order chi connectivity index (χ0) is 31.7. The van der Waals surface area contributed by atoms with Crippen LogP contribution in [0.15, 0.2) is 105 Å². The summed E-state index contributed by atoms with van der Waals surface area (Å²) in [5.74, 6) is 1.72. The first-order valence-corrected chi connectivity index (χ1v) is 16.2. The van der Waals surface area contributed by atoms with Gasteiger partial charge >= 0.3 is 0 Å². The minimum Gasteiger partial charge on any atom is -0.486 e. The highest BCUT2D eigenvalue weighted by molar-refractivity contribution is 7.89. The number of ether oxygens (including phenoxy) is 1. The van der Waals surface area contributed by atoms with Gasteiger partial charge in [0.15, 0.2) is 17.5 Å². The molecule has 4 aromatic rings. The number of aromatic nitrogens is 2. The number of rotatable bonds is 13. The predicted octanol–water partition coefficient (Wildman–Crippen LogP) is 3.54. The summed E-state index contributed by atoms with van der Waals surface area (Å²) in [6.07, 6.45) is 0. The molecule has 0 atom stereocenters. The van der Waals surface area contributed by atoms with Crippen LogP contribution in [0.3, 0.4) is 0 Å². The fourth-order valence-electron chi connectivity index (χ4n) is 3.74. The normalized spacial score (nSPS) is 12.5. The van der Waals surface area contributed by atoms with Crippen LogP contribution in [0.4, 0.5) is 11.6 Å². The van der Waals surface area contributed by atoms with E-state index in [0.29, 0.717) is 45.8 Å². The second kappa shape index (κ2) is 14.2. The Labute approximate surface area is 256 Å². The molecule has 0 aliphatic carbocycles. The first-order chi connectivity index (χ1) is 21.0. The summed E-state index contributed by atoms with van der Waals surface area (Å²) in [4.78, 5) is 9.30. The van der Waals surface area contributed by atoms with Crippen LogP contribution in [0.2, 0.25) is 0 Å². The summed E-state index contributed by atoms with van der Waals surface area (Å²) >= 11 is 0. The van der Waals surface area contributed by atoms with Gasteiger partial charge in [-0.3, -0.25) is 10.9 Å². The molecule has 4 rings (SSSR count). The number of para-hydroxylation sites is 1. The molecule has 15 heteroatoms. The Morgan fingerprint density at radius 2 is 1.11 bits per heavy atom. The van der Waals surface area contributed by atoms with Crippen molar-refractivity contribution in [3.63, 3.8) is 0 Å². The van der Waals surface area contributed by atoms with Crippen molar-refractivity contribution in [2.24, 2.45) is 10.2 Å². The predicted molar refractivity (Wildman–Crippen MR) is 170 cm³/mol. The molecule has 0 saturated heterocycles. The van der Waals surface area contributed by atoms with E-state index in [4.69, 9.17) is 4.74 Å². The van der Waals surface area contributed by atoms with E-state index in [0.717, 1.165) is 0 Å². The molecule has 0 radical (unpaired) electrons. The number of anilines is 2. The van der Waals surface area contributed by atoms with Crippen molar-refractivity contribution in [2.45, 2.75) is 30.2 Å². The van der Waals surface area contributed by atoms with E-state index in [-0.39, 0.29) is 16.4 Å². The third-order valence-electron chi connectivity index (χ3n) is 6.26. The van der Waals surface area contributed by atoms with Gasteiger partial charge in [-0.2, -0.15) is 10.2 Å². The number of sulfonamides is 2. The van der Waals surface area contributed by atoms with E-state index >= 15 is 0 Å². The zero-order valence-electron chi connectivity index (χ0n) is 24.4. The lowest BCUT2D eigenvalue weighted by Crippen LogP contribution is -2.18. The quantitative estimate of drug-likeness (QED) is 0.126. The molecule has 3 aromatic carbocycles. The average molecular weight is 637 g/mol. The number of hydrogen-bond acceptors (Lipinski definition) is 11. The summed E-state index contributed by atoms with van der Waals surface area (Å²) in [6.45, 7) is 3.62. The molecule has 13 nitrogen and oxygen atoms in total. The van der Waals surface area contributed by atoms with Crippen LogP contribution < -0.4 is 25.0 Å². The monoisotopic (exact) mass is 636 g/mol. The molecular formula is C29H32N8O5S2. The summed E-state index contributed by atoms with van der Waals surface area (Å²) in [5, 5.41) is 8.82. The second-order valence-corrected chi connectivity index (χ2v) is 13.0. The number of hydrazone groups is 2. The van der Waals surface area contributed by atoms with Gasteiger partial charge in [-0.25, -0.2) is 36.2 Å². The molecule has 1 heterocycles. The van der Waals surface area contributed by atoms with E-state index in [1.807, 2.05) is 30.3 Å². The summed E-state index contributed by atoms with van der Waals surface area (Å²) in [7, 11) is -4.39. The van der Waals surface area contributed by atoms with Crippen LogP contribution in [0, 0.1) is 0 Å². The molecule has 0 saturated carbocycles. The van der Waals surface area contributed by atoms with E-state index in [9.17, 15) is 16.8 Å². The molecule has 0 bridgehead atoms. The third kappa shape index (κ3) is 8.44. The Kier molecular flexibility index (Phi) is 10.4. The van der Waals surface area contributed by atoms with Gasteiger partial charge in [-0.05, 0) is 75.5 Å². The number of nitrogens with one attached hydrogen (secondary N) is 4. The van der Waals surface area contributed by atoms with Crippen molar-refractivity contribution in [1.82, 2.24) is 19.4 Å². The summed E-state index contributed by atoms with van der Waals surface area (Å²) < 4.78 is 58.5. The number of benzene rings is 3. The summed E-state index contributed by atoms with van der Waals surface area (Å²) in [6, 6.07) is 23.5. The smallest absolute Gasteiger partial charge is 0.240 e. The topological polar surface area (TPSA) is 176 Å². The third-order valence-corrected chi connectivity index (χ3v) is 9.12. The Morgan fingerprint density at radius 3 is 1.52 bits per heavy atom. The van der Waals surface area contributed by atoms with Gasteiger partial charge in [0.2, 0.25) is 20.0 Å². The van der Waals surface area contributed by atoms with Gasteiger partial charge in [-0.1, -0.05) is 42.5 Å². The number of nitrogens with zero attached hydrogens (tertiary/aromatic N) is 4. The molecule has 0 fully saturated rings. The molecule has 0 aliphatic heterocycles. The van der Waals surface area contributed by atoms with Crippen molar-refractivity contribution in [3.8, 4) is 5.75 Å². The zero-order valence-corrected chi connectivity index (χ0v) is 26.1. The highest BCUT2D eigenvalue weighted by Crippen LogP contribution is 2.17. The fraction of sp³-hybridized carbons (Fsp3) is 0.172. The first-order valence-electron chi connectivity index (χ1n) is 13.2. The molecule has 4 N–H and O–H groups in total. The molecular weight excluding hydrogens is 605 g/mol. The second-order valence-electron chi connectivity index (χ2n) is 9.24. The summed E-state index contributed by atoms with van der Waals surface area (Å²) in [5.41, 5.74) is 8.44. The van der Waals surface area contributed by atoms with Gasteiger partial charge in [-0.15, -0.1) is 0 Å². The van der Waals surface area contributed by atoms with Gasteiger partial charge in [0.05, 0.1) is 21.2 Å². The largest absolute Gasteiger partial charge is 0.486 e. The molecule has 0 aliphatic rings. The van der Waals surface area contributed by atoms with Crippen LogP contribution in [-0.4, -0.2) is 52.3 Å². The van der Waals surface area contributed by atoms with Gasteiger partial charge in [0.25, 0.3) is 0 Å². The van der Waals surface area contributed by atoms with Gasteiger partial charge in [0, 0.05) is 6.07 Å². The van der Waals surface area contributed by atoms with Crippen molar-refractivity contribution >= 4 is 43.1 Å². The maximum atomic E-state index is 12.0. The van der Waals surface area contributed by atoms with E-state index in [2.05, 4.69) is 40.5 Å². The first kappa shape index (κ1) is 32.2. The minimum absolute atomic E-state index is 0.0718. The molecule has 0 unspecified atom stereocenters. The molecule has 1 aromatic heterocycles. The van der Waals surface area contributed by atoms with Crippen LogP contribution in [0.1, 0.15) is 30.8 Å². The van der Waals surface area contributed by atoms with Crippen LogP contribution in [0.5, 0.6) is 5.75 Å². The highest BCUT2D eigenvalue weighted by Gasteiger charge is 2.13. The number of hydrogen-bond donors (Lipinski definition) is 4. The van der Waals surface area contributed by atoms with Crippen LogP contribution >= 0.6 is 0 Å². The van der Waals surface area contributed by atoms with Crippen molar-refractivity contribution < 1.29 is 21.6 Å². The van der Waals surface area contributed by atoms with Crippen molar-refractivity contribution in [1.29, 1.82) is 0 Å². The molecule has 0 spiro atoms. The van der Waals surface area contributed by atoms with E-state index < -0.39 is 20.0 Å². The van der Waals surface area contributed by atoms with Gasteiger partial charge < -0.3 is 4.74 Å². The average Bonchev–Trinajstić information content (AvgIpc) is 3.05. The molecule has 44 heavy (non-hydrogen) atoms. The van der Waals surface area contributed by atoms with Gasteiger partial charge in [0.1, 0.15) is 12.4 Å². The Morgan fingerprint density at radius 1 is 0.682 bits per heavy atom. The van der Waals surface area contributed by atoms with Crippen molar-refractivity contribution in [2.75, 3.05) is 24.9 Å². The van der Waals surface area contributed by atoms with Crippen LogP contribution in [-0.2, 0) is 26.7 Å².